The summed E-state index contributed by atoms with van der Waals surface area (Å²) in [6, 6.07) is 16.8. The van der Waals surface area contributed by atoms with E-state index in [0.29, 0.717) is 11.4 Å². The molecule has 0 bridgehead atoms. The van der Waals surface area contributed by atoms with Crippen molar-refractivity contribution < 1.29 is 9.53 Å². The molecule has 0 amide bonds. The zero-order chi connectivity index (χ0) is 16.0. The van der Waals surface area contributed by atoms with E-state index in [2.05, 4.69) is 10.2 Å². The van der Waals surface area contributed by atoms with Crippen LogP contribution in [0.4, 0.5) is 11.4 Å². The number of carbonyl (C=O) groups is 1. The third kappa shape index (κ3) is 4.52. The normalized spacial score (nSPS) is 11.6. The van der Waals surface area contributed by atoms with Crippen LogP contribution in [0.25, 0.3) is 0 Å². The van der Waals surface area contributed by atoms with Crippen molar-refractivity contribution >= 4 is 17.2 Å². The maximum absolute atomic E-state index is 11.9. The number of rotatable bonds is 5. The minimum atomic E-state index is -0.416. The maximum Gasteiger partial charge on any atom is 0.175 e. The van der Waals surface area contributed by atoms with Crippen LogP contribution < -0.4 is 4.74 Å². The monoisotopic (exact) mass is 296 g/mol. The second-order valence-corrected chi connectivity index (χ2v) is 5.97. The van der Waals surface area contributed by atoms with Gasteiger partial charge in [0.15, 0.2) is 5.78 Å². The molecule has 0 fully saturated rings. The summed E-state index contributed by atoms with van der Waals surface area (Å²) < 4.78 is 5.61. The van der Waals surface area contributed by atoms with Crippen LogP contribution in [0, 0.1) is 5.41 Å². The molecule has 4 heteroatoms. The predicted octanol–water partition coefficient (Wildman–Crippen LogP) is 5.10. The minimum absolute atomic E-state index is 0.0291. The molecule has 2 aromatic rings. The average molecular weight is 296 g/mol. The zero-order valence-corrected chi connectivity index (χ0v) is 13.1. The van der Waals surface area contributed by atoms with E-state index in [9.17, 15) is 4.79 Å². The number of hydrogen-bond acceptors (Lipinski definition) is 4. The lowest BCUT2D eigenvalue weighted by Gasteiger charge is -2.17. The fraction of sp³-hybridized carbons (Fsp3) is 0.278. The van der Waals surface area contributed by atoms with Gasteiger partial charge in [-0.25, -0.2) is 0 Å². The van der Waals surface area contributed by atoms with Crippen molar-refractivity contribution in [2.24, 2.45) is 15.6 Å². The lowest BCUT2D eigenvalue weighted by atomic mass is 9.91. The molecule has 2 rings (SSSR count). The van der Waals surface area contributed by atoms with E-state index in [4.69, 9.17) is 4.74 Å². The number of ketones is 1. The quantitative estimate of drug-likeness (QED) is 0.721. The van der Waals surface area contributed by atoms with Crippen molar-refractivity contribution in [2.45, 2.75) is 20.8 Å². The summed E-state index contributed by atoms with van der Waals surface area (Å²) in [5.74, 6) is 0.599. The predicted molar refractivity (Wildman–Crippen MR) is 87.0 cm³/mol. The Labute approximate surface area is 130 Å². The van der Waals surface area contributed by atoms with Gasteiger partial charge in [-0.05, 0) is 24.3 Å². The van der Waals surface area contributed by atoms with Gasteiger partial charge in [0.05, 0.1) is 5.69 Å². The lowest BCUT2D eigenvalue weighted by Crippen LogP contribution is -2.26. The summed E-state index contributed by atoms with van der Waals surface area (Å²) in [6.45, 7) is 5.65. The molecule has 0 spiro atoms. The first-order valence-corrected chi connectivity index (χ1v) is 7.19. The van der Waals surface area contributed by atoms with Crippen molar-refractivity contribution in [3.8, 4) is 5.75 Å². The highest BCUT2D eigenvalue weighted by molar-refractivity contribution is 5.85. The van der Waals surface area contributed by atoms with Gasteiger partial charge in [0.1, 0.15) is 18.0 Å². The molecule has 0 radical (unpaired) electrons. The van der Waals surface area contributed by atoms with Gasteiger partial charge >= 0.3 is 0 Å². The van der Waals surface area contributed by atoms with Crippen molar-refractivity contribution in [3.63, 3.8) is 0 Å². The molecule has 22 heavy (non-hydrogen) atoms. The largest absolute Gasteiger partial charge is 0.483 e. The lowest BCUT2D eigenvalue weighted by molar-refractivity contribution is -0.128. The number of hydrogen-bond donors (Lipinski definition) is 0. The van der Waals surface area contributed by atoms with Gasteiger partial charge in [-0.15, -0.1) is 5.11 Å². The van der Waals surface area contributed by atoms with Crippen LogP contribution in [-0.4, -0.2) is 12.4 Å². The first kappa shape index (κ1) is 15.9. The average Bonchev–Trinajstić information content (AvgIpc) is 2.51. The summed E-state index contributed by atoms with van der Waals surface area (Å²) in [6.07, 6.45) is 0. The topological polar surface area (TPSA) is 51.0 Å². The van der Waals surface area contributed by atoms with Crippen LogP contribution in [0.5, 0.6) is 5.75 Å². The van der Waals surface area contributed by atoms with Gasteiger partial charge in [-0.3, -0.25) is 4.79 Å². The van der Waals surface area contributed by atoms with E-state index in [1.165, 1.54) is 0 Å². The summed E-state index contributed by atoms with van der Waals surface area (Å²) in [7, 11) is 0. The van der Waals surface area contributed by atoms with Gasteiger partial charge < -0.3 is 4.74 Å². The third-order valence-corrected chi connectivity index (χ3v) is 3.09. The molecule has 0 aromatic heterocycles. The summed E-state index contributed by atoms with van der Waals surface area (Å²) in [4.78, 5) is 11.9. The highest BCUT2D eigenvalue weighted by Gasteiger charge is 2.21. The number of Topliss-reactive ketones (excluding diaryl/α,β-unsaturated/α-hetero) is 1. The number of benzene rings is 2. The van der Waals surface area contributed by atoms with Crippen molar-refractivity contribution in [1.82, 2.24) is 0 Å². The van der Waals surface area contributed by atoms with E-state index in [0.717, 1.165) is 5.69 Å². The van der Waals surface area contributed by atoms with Crippen LogP contribution in [0.1, 0.15) is 20.8 Å². The number of carbonyl (C=O) groups excluding carboxylic acids is 1. The molecule has 0 saturated heterocycles. The standard InChI is InChI=1S/C18H20N2O2/c1-18(2,3)17(21)13-22-16-12-8-7-11-15(16)20-19-14-9-5-4-6-10-14/h4-12H,13H2,1-3H3/b20-19+. The first-order valence-electron chi connectivity index (χ1n) is 7.19. The van der Waals surface area contributed by atoms with Gasteiger partial charge in [0, 0.05) is 5.41 Å². The number of para-hydroxylation sites is 1. The van der Waals surface area contributed by atoms with Crippen molar-refractivity contribution in [2.75, 3.05) is 6.61 Å². The van der Waals surface area contributed by atoms with E-state index in [-0.39, 0.29) is 12.4 Å². The van der Waals surface area contributed by atoms with E-state index in [1.54, 1.807) is 6.07 Å². The van der Waals surface area contributed by atoms with Crippen molar-refractivity contribution in [3.05, 3.63) is 54.6 Å². The third-order valence-electron chi connectivity index (χ3n) is 3.09. The van der Waals surface area contributed by atoms with Gasteiger partial charge in [0.25, 0.3) is 0 Å². The molecule has 114 valence electrons. The van der Waals surface area contributed by atoms with Crippen molar-refractivity contribution in [1.29, 1.82) is 0 Å². The molecular formula is C18H20N2O2. The fourth-order valence-corrected chi connectivity index (χ4v) is 1.63. The molecular weight excluding hydrogens is 276 g/mol. The molecule has 4 nitrogen and oxygen atoms in total. The molecule has 0 heterocycles. The summed E-state index contributed by atoms with van der Waals surface area (Å²) in [5.41, 5.74) is 0.955. The molecule has 2 aromatic carbocycles. The number of azo groups is 1. The molecule has 0 aliphatic heterocycles. The second kappa shape index (κ2) is 6.98. The van der Waals surface area contributed by atoms with Gasteiger partial charge in [-0.2, -0.15) is 5.11 Å². The van der Waals surface area contributed by atoms with Crippen LogP contribution in [0.3, 0.4) is 0 Å². The molecule has 0 N–H and O–H groups in total. The Morgan fingerprint density at radius 2 is 1.59 bits per heavy atom. The molecule has 0 unspecified atom stereocenters. The Kier molecular flexibility index (Phi) is 5.04. The van der Waals surface area contributed by atoms with Crippen LogP contribution in [0.15, 0.2) is 64.8 Å². The highest BCUT2D eigenvalue weighted by Crippen LogP contribution is 2.29. The zero-order valence-electron chi connectivity index (χ0n) is 13.1. The fourth-order valence-electron chi connectivity index (χ4n) is 1.63. The Balaban J connectivity index is 2.10. The molecule has 0 aliphatic rings. The molecule has 0 saturated carbocycles. The van der Waals surface area contributed by atoms with Crippen LogP contribution in [0.2, 0.25) is 0 Å². The van der Waals surface area contributed by atoms with Gasteiger partial charge in [0.2, 0.25) is 0 Å². The Morgan fingerprint density at radius 3 is 2.27 bits per heavy atom. The first-order chi connectivity index (χ1) is 10.5. The Morgan fingerprint density at radius 1 is 0.955 bits per heavy atom. The molecule has 0 atom stereocenters. The van der Waals surface area contributed by atoms with E-state index < -0.39 is 5.41 Å². The second-order valence-electron chi connectivity index (χ2n) is 5.97. The van der Waals surface area contributed by atoms with Gasteiger partial charge in [-0.1, -0.05) is 51.1 Å². The van der Waals surface area contributed by atoms with E-state index in [1.807, 2.05) is 69.3 Å². The smallest absolute Gasteiger partial charge is 0.175 e. The van der Waals surface area contributed by atoms with E-state index >= 15 is 0 Å². The SMILES string of the molecule is CC(C)(C)C(=O)COc1ccccc1/N=N/c1ccccc1. The summed E-state index contributed by atoms with van der Waals surface area (Å²) >= 11 is 0. The molecule has 0 aliphatic carbocycles. The number of nitrogens with zero attached hydrogens (tertiary/aromatic N) is 2. The highest BCUT2D eigenvalue weighted by atomic mass is 16.5. The summed E-state index contributed by atoms with van der Waals surface area (Å²) in [5, 5.41) is 8.38. The van der Waals surface area contributed by atoms with Crippen LogP contribution >= 0.6 is 0 Å². The minimum Gasteiger partial charge on any atom is -0.483 e. The van der Waals surface area contributed by atoms with Crippen LogP contribution in [-0.2, 0) is 4.79 Å². The maximum atomic E-state index is 11.9. The Hall–Kier alpha value is -2.49. The number of ether oxygens (including phenoxy) is 1. The Bertz CT molecular complexity index is 658.